The molecule has 2 rings (SSSR count). The number of aromatic hydroxyl groups is 1. The monoisotopic (exact) mass is 223 g/mol. The number of aromatic amines is 1. The van der Waals surface area contributed by atoms with E-state index in [-0.39, 0.29) is 22.9 Å². The molecule has 0 saturated carbocycles. The predicted molar refractivity (Wildman–Crippen MR) is 56.6 cm³/mol. The van der Waals surface area contributed by atoms with Crippen LogP contribution in [-0.4, -0.2) is 22.4 Å². The first kappa shape index (κ1) is 10.3. The molecule has 5 nitrogen and oxygen atoms in total. The minimum Gasteiger partial charge on any atom is -0.504 e. The third kappa shape index (κ3) is 1.54. The lowest BCUT2D eigenvalue weighted by Gasteiger charge is -2.08. The Morgan fingerprint density at radius 1 is 1.44 bits per heavy atom. The van der Waals surface area contributed by atoms with Crippen molar-refractivity contribution in [2.24, 2.45) is 0 Å². The Morgan fingerprint density at radius 3 is 2.75 bits per heavy atom. The first-order chi connectivity index (χ1) is 7.63. The van der Waals surface area contributed by atoms with Crippen LogP contribution in [0.15, 0.2) is 18.3 Å². The van der Waals surface area contributed by atoms with Crippen molar-refractivity contribution in [3.05, 3.63) is 24.1 Å². The highest BCUT2D eigenvalue weighted by Gasteiger charge is 2.15. The molecule has 0 atom stereocenters. The van der Waals surface area contributed by atoms with E-state index in [2.05, 4.69) is 10.2 Å². The van der Waals surface area contributed by atoms with Gasteiger partial charge >= 0.3 is 0 Å². The number of rotatable bonds is 2. The second kappa shape index (κ2) is 3.73. The van der Waals surface area contributed by atoms with Gasteiger partial charge in [-0.05, 0) is 6.07 Å². The second-order valence-electron chi connectivity index (χ2n) is 3.20. The summed E-state index contributed by atoms with van der Waals surface area (Å²) >= 11 is 0. The number of hydrogen-bond acceptors (Lipinski definition) is 4. The Bertz CT molecular complexity index is 525. The van der Waals surface area contributed by atoms with Gasteiger partial charge in [-0.15, -0.1) is 0 Å². The number of anilines is 1. The molecule has 0 radical (unpaired) electrons. The number of phenols is 1. The molecular formula is C10H10FN3O2. The van der Waals surface area contributed by atoms with E-state index in [9.17, 15) is 9.50 Å². The number of halogens is 1. The van der Waals surface area contributed by atoms with Crippen molar-refractivity contribution in [3.8, 4) is 22.6 Å². The van der Waals surface area contributed by atoms with E-state index in [1.807, 2.05) is 0 Å². The molecule has 1 aromatic carbocycles. The van der Waals surface area contributed by atoms with E-state index < -0.39 is 5.82 Å². The molecule has 84 valence electrons. The molecule has 0 aliphatic heterocycles. The maximum Gasteiger partial charge on any atom is 0.166 e. The number of nitrogen functional groups attached to an aromatic ring is 1. The quantitative estimate of drug-likeness (QED) is 0.720. The number of ether oxygens (including phenoxy) is 1. The molecule has 6 heteroatoms. The van der Waals surface area contributed by atoms with Crippen LogP contribution in [0.3, 0.4) is 0 Å². The summed E-state index contributed by atoms with van der Waals surface area (Å²) in [5, 5.41) is 16.0. The van der Waals surface area contributed by atoms with Gasteiger partial charge in [0.2, 0.25) is 0 Å². The van der Waals surface area contributed by atoms with Gasteiger partial charge in [0.05, 0.1) is 13.3 Å². The maximum absolute atomic E-state index is 13.3. The lowest BCUT2D eigenvalue weighted by Crippen LogP contribution is -1.91. The Morgan fingerprint density at radius 2 is 2.19 bits per heavy atom. The number of phenolic OH excluding ortho intramolecular Hbond substituents is 1. The van der Waals surface area contributed by atoms with E-state index >= 15 is 0 Å². The molecule has 0 saturated heterocycles. The van der Waals surface area contributed by atoms with E-state index in [0.29, 0.717) is 5.56 Å². The predicted octanol–water partition coefficient (Wildman–Crippen LogP) is 1.51. The summed E-state index contributed by atoms with van der Waals surface area (Å²) < 4.78 is 18.1. The number of nitrogens with zero attached hydrogens (tertiary/aromatic N) is 1. The number of nitrogens with two attached hydrogens (primary N) is 1. The van der Waals surface area contributed by atoms with Gasteiger partial charge in [0.25, 0.3) is 0 Å². The molecule has 2 aromatic rings. The van der Waals surface area contributed by atoms with Gasteiger partial charge in [0.15, 0.2) is 11.5 Å². The summed E-state index contributed by atoms with van der Waals surface area (Å²) in [5.74, 6) is -0.388. The summed E-state index contributed by atoms with van der Waals surface area (Å²) in [6, 6.07) is 2.26. The fraction of sp³-hybridized carbons (Fsp3) is 0.100. The van der Waals surface area contributed by atoms with E-state index in [4.69, 9.17) is 10.5 Å². The van der Waals surface area contributed by atoms with Crippen molar-refractivity contribution in [1.82, 2.24) is 10.2 Å². The highest BCUT2D eigenvalue weighted by molar-refractivity contribution is 5.79. The Hall–Kier alpha value is -2.24. The molecule has 1 aromatic heterocycles. The van der Waals surface area contributed by atoms with Crippen LogP contribution in [0, 0.1) is 5.82 Å². The van der Waals surface area contributed by atoms with E-state index in [1.165, 1.54) is 19.4 Å². The van der Waals surface area contributed by atoms with Crippen LogP contribution >= 0.6 is 0 Å². The zero-order chi connectivity index (χ0) is 11.7. The topological polar surface area (TPSA) is 84.2 Å². The summed E-state index contributed by atoms with van der Waals surface area (Å²) in [4.78, 5) is 0. The molecule has 0 unspecified atom stereocenters. The number of hydrogen-bond donors (Lipinski definition) is 3. The van der Waals surface area contributed by atoms with Crippen LogP contribution in [0.1, 0.15) is 0 Å². The molecule has 0 spiro atoms. The maximum atomic E-state index is 13.3. The first-order valence-corrected chi connectivity index (χ1v) is 4.49. The number of methoxy groups -OCH3 is 1. The third-order valence-corrected chi connectivity index (χ3v) is 2.22. The molecule has 1 heterocycles. The zero-order valence-electron chi connectivity index (χ0n) is 8.49. The van der Waals surface area contributed by atoms with Gasteiger partial charge in [0, 0.05) is 17.2 Å². The Balaban J connectivity index is 2.65. The van der Waals surface area contributed by atoms with E-state index in [1.54, 1.807) is 0 Å². The van der Waals surface area contributed by atoms with Gasteiger partial charge in [-0.3, -0.25) is 5.10 Å². The van der Waals surface area contributed by atoms with Gasteiger partial charge in [-0.1, -0.05) is 0 Å². The lowest BCUT2D eigenvalue weighted by atomic mass is 10.1. The molecule has 16 heavy (non-hydrogen) atoms. The van der Waals surface area contributed by atoms with Crippen molar-refractivity contribution < 1.29 is 14.2 Å². The van der Waals surface area contributed by atoms with Gasteiger partial charge in [-0.2, -0.15) is 5.10 Å². The highest BCUT2D eigenvalue weighted by Crippen LogP contribution is 2.39. The third-order valence-electron chi connectivity index (χ3n) is 2.22. The van der Waals surface area contributed by atoms with Gasteiger partial charge < -0.3 is 15.6 Å². The van der Waals surface area contributed by atoms with Crippen LogP contribution in [-0.2, 0) is 0 Å². The molecule has 0 aliphatic rings. The standard InChI is InChI=1S/C10H10FN3O2/c1-16-8-3-5(11)2-6(9(8)15)7-4-13-14-10(7)12/h2-4,15H,1H3,(H3,12,13,14). The largest absolute Gasteiger partial charge is 0.504 e. The van der Waals surface area contributed by atoms with Crippen molar-refractivity contribution in [3.63, 3.8) is 0 Å². The summed E-state index contributed by atoms with van der Waals surface area (Å²) in [6.45, 7) is 0. The first-order valence-electron chi connectivity index (χ1n) is 4.49. The average Bonchev–Trinajstić information content (AvgIpc) is 2.67. The van der Waals surface area contributed by atoms with Crippen LogP contribution in [0.25, 0.3) is 11.1 Å². The Labute approximate surface area is 90.7 Å². The van der Waals surface area contributed by atoms with Crippen LogP contribution < -0.4 is 10.5 Å². The second-order valence-corrected chi connectivity index (χ2v) is 3.20. The van der Waals surface area contributed by atoms with E-state index in [0.717, 1.165) is 6.07 Å². The lowest BCUT2D eigenvalue weighted by molar-refractivity contribution is 0.371. The van der Waals surface area contributed by atoms with Crippen LogP contribution in [0.2, 0.25) is 0 Å². The van der Waals surface area contributed by atoms with Crippen molar-refractivity contribution >= 4 is 5.82 Å². The fourth-order valence-electron chi connectivity index (χ4n) is 1.45. The molecular weight excluding hydrogens is 213 g/mol. The van der Waals surface area contributed by atoms with Gasteiger partial charge in [0.1, 0.15) is 11.6 Å². The minimum atomic E-state index is -0.523. The molecule has 0 amide bonds. The zero-order valence-corrected chi connectivity index (χ0v) is 8.49. The van der Waals surface area contributed by atoms with Crippen molar-refractivity contribution in [1.29, 1.82) is 0 Å². The number of aromatic nitrogens is 2. The summed E-state index contributed by atoms with van der Waals surface area (Å²) in [6.07, 6.45) is 1.41. The minimum absolute atomic E-state index is 0.0515. The molecule has 0 bridgehead atoms. The van der Waals surface area contributed by atoms with Gasteiger partial charge in [-0.25, -0.2) is 4.39 Å². The smallest absolute Gasteiger partial charge is 0.166 e. The van der Waals surface area contributed by atoms with Crippen molar-refractivity contribution in [2.45, 2.75) is 0 Å². The average molecular weight is 223 g/mol. The molecule has 0 aliphatic carbocycles. The highest BCUT2D eigenvalue weighted by atomic mass is 19.1. The van der Waals surface area contributed by atoms with Crippen molar-refractivity contribution in [2.75, 3.05) is 12.8 Å². The number of H-pyrrole nitrogens is 1. The summed E-state index contributed by atoms with van der Waals surface area (Å²) in [5.41, 5.74) is 6.26. The normalized spacial score (nSPS) is 10.4. The summed E-state index contributed by atoms with van der Waals surface area (Å²) in [7, 11) is 1.34. The van der Waals surface area contributed by atoms with Crippen LogP contribution in [0.4, 0.5) is 10.2 Å². The van der Waals surface area contributed by atoms with Crippen LogP contribution in [0.5, 0.6) is 11.5 Å². The molecule has 0 fully saturated rings. The fourth-order valence-corrected chi connectivity index (χ4v) is 1.45. The Kier molecular flexibility index (Phi) is 2.40. The molecule has 4 N–H and O–H groups in total. The number of nitrogens with one attached hydrogen (secondary N) is 1. The SMILES string of the molecule is COc1cc(F)cc(-c2cn[nH]c2N)c1O. The number of benzene rings is 1.